The molecule has 1 atom stereocenters. The molecule has 2 aromatic carbocycles. The van der Waals surface area contributed by atoms with E-state index in [4.69, 9.17) is 39.5 Å². The second-order valence-electron chi connectivity index (χ2n) is 5.68. The first-order valence-corrected chi connectivity index (χ1v) is 8.93. The molecule has 1 unspecified atom stereocenters. The molecular weight excluding hydrogens is 399 g/mol. The number of hydrogen-bond donors (Lipinski definition) is 1. The number of piperazine rings is 1. The van der Waals surface area contributed by atoms with Crippen LogP contribution in [0.5, 0.6) is 5.75 Å². The largest absolute Gasteiger partial charge is 0.494 e. The summed E-state index contributed by atoms with van der Waals surface area (Å²) in [6.45, 7) is 0.649. The second kappa shape index (κ2) is 7.74. The van der Waals surface area contributed by atoms with E-state index in [1.54, 1.807) is 30.3 Å². The number of amides is 2. The van der Waals surface area contributed by atoms with Crippen molar-refractivity contribution in [2.24, 2.45) is 0 Å². The fourth-order valence-corrected chi connectivity index (χ4v) is 3.63. The number of benzene rings is 2. The lowest BCUT2D eigenvalue weighted by Crippen LogP contribution is -2.52. The van der Waals surface area contributed by atoms with Gasteiger partial charge in [-0.25, -0.2) is 0 Å². The maximum Gasteiger partial charge on any atom is 0.260 e. The van der Waals surface area contributed by atoms with Crippen molar-refractivity contribution in [2.45, 2.75) is 6.04 Å². The van der Waals surface area contributed by atoms with Gasteiger partial charge in [0.05, 0.1) is 17.2 Å². The molecule has 5 nitrogen and oxygen atoms in total. The van der Waals surface area contributed by atoms with Gasteiger partial charge < -0.3 is 15.0 Å². The number of nitrogens with one attached hydrogen (secondary N) is 1. The van der Waals surface area contributed by atoms with Crippen LogP contribution in [-0.2, 0) is 4.79 Å². The first kappa shape index (κ1) is 18.8. The SMILES string of the molecule is COc1c(Cl)ccc(Cl)c1C(=O)N1CCNC(=O)C1c1cccc(Cl)c1. The summed E-state index contributed by atoms with van der Waals surface area (Å²) in [6, 6.07) is 9.10. The van der Waals surface area contributed by atoms with Crippen molar-refractivity contribution < 1.29 is 14.3 Å². The van der Waals surface area contributed by atoms with Gasteiger partial charge in [0.15, 0.2) is 5.75 Å². The van der Waals surface area contributed by atoms with E-state index in [1.165, 1.54) is 18.1 Å². The molecule has 2 amide bonds. The predicted octanol–water partition coefficient (Wildman–Crippen LogP) is 3.97. The molecule has 136 valence electrons. The van der Waals surface area contributed by atoms with Crippen molar-refractivity contribution >= 4 is 46.6 Å². The summed E-state index contributed by atoms with van der Waals surface area (Å²) in [7, 11) is 1.41. The van der Waals surface area contributed by atoms with E-state index in [0.717, 1.165) is 0 Å². The van der Waals surface area contributed by atoms with Gasteiger partial charge >= 0.3 is 0 Å². The van der Waals surface area contributed by atoms with Crippen molar-refractivity contribution in [1.29, 1.82) is 0 Å². The van der Waals surface area contributed by atoms with Crippen LogP contribution in [0.15, 0.2) is 36.4 Å². The van der Waals surface area contributed by atoms with Gasteiger partial charge in [0, 0.05) is 18.1 Å². The van der Waals surface area contributed by atoms with E-state index < -0.39 is 11.9 Å². The van der Waals surface area contributed by atoms with Gasteiger partial charge in [0.25, 0.3) is 5.91 Å². The van der Waals surface area contributed by atoms with Crippen molar-refractivity contribution in [3.05, 3.63) is 62.6 Å². The lowest BCUT2D eigenvalue weighted by Gasteiger charge is -2.35. The second-order valence-corrected chi connectivity index (χ2v) is 6.94. The summed E-state index contributed by atoms with van der Waals surface area (Å²) >= 11 is 18.4. The lowest BCUT2D eigenvalue weighted by molar-refractivity contribution is -0.128. The van der Waals surface area contributed by atoms with Crippen LogP contribution < -0.4 is 10.1 Å². The summed E-state index contributed by atoms with van der Waals surface area (Å²) in [5.74, 6) is -0.543. The van der Waals surface area contributed by atoms with E-state index in [1.807, 2.05) is 0 Å². The van der Waals surface area contributed by atoms with Crippen LogP contribution in [0.3, 0.4) is 0 Å². The highest BCUT2D eigenvalue weighted by Gasteiger charge is 2.37. The van der Waals surface area contributed by atoms with Crippen LogP contribution in [0, 0.1) is 0 Å². The number of hydrogen-bond acceptors (Lipinski definition) is 3. The van der Waals surface area contributed by atoms with Gasteiger partial charge in [-0.1, -0.05) is 46.9 Å². The fraction of sp³-hybridized carbons (Fsp3) is 0.222. The van der Waals surface area contributed by atoms with Crippen LogP contribution in [0.4, 0.5) is 0 Å². The Labute approximate surface area is 165 Å². The molecule has 0 bridgehead atoms. The van der Waals surface area contributed by atoms with Crippen molar-refractivity contribution in [3.63, 3.8) is 0 Å². The zero-order chi connectivity index (χ0) is 18.8. The van der Waals surface area contributed by atoms with E-state index >= 15 is 0 Å². The molecule has 1 N–H and O–H groups in total. The normalized spacial score (nSPS) is 17.0. The molecule has 0 aromatic heterocycles. The Kier molecular flexibility index (Phi) is 5.61. The first-order chi connectivity index (χ1) is 12.4. The highest BCUT2D eigenvalue weighted by molar-refractivity contribution is 6.37. The Bertz CT molecular complexity index is 873. The average molecular weight is 414 g/mol. The predicted molar refractivity (Wildman–Crippen MR) is 101 cm³/mol. The minimum absolute atomic E-state index is 0.128. The Balaban J connectivity index is 2.07. The molecule has 1 saturated heterocycles. The van der Waals surface area contributed by atoms with Crippen LogP contribution in [0.2, 0.25) is 15.1 Å². The number of rotatable bonds is 3. The standard InChI is InChI=1S/C18H15Cl3N2O3/c1-26-16-13(21)6-5-12(20)14(16)18(25)23-8-7-22-17(24)15(23)10-3-2-4-11(19)9-10/h2-6,9,15H,7-8H2,1H3,(H,22,24). The van der Waals surface area contributed by atoms with Crippen LogP contribution in [0.1, 0.15) is 22.0 Å². The van der Waals surface area contributed by atoms with Gasteiger partial charge in [-0.05, 0) is 29.8 Å². The minimum atomic E-state index is -0.824. The Morgan fingerprint density at radius 2 is 1.92 bits per heavy atom. The Morgan fingerprint density at radius 3 is 2.62 bits per heavy atom. The van der Waals surface area contributed by atoms with Crippen LogP contribution >= 0.6 is 34.8 Å². The number of carbonyl (C=O) groups is 2. The van der Waals surface area contributed by atoms with Gasteiger partial charge in [-0.3, -0.25) is 9.59 Å². The number of ether oxygens (including phenoxy) is 1. The van der Waals surface area contributed by atoms with Gasteiger partial charge in [-0.2, -0.15) is 0 Å². The van der Waals surface area contributed by atoms with E-state index in [0.29, 0.717) is 23.7 Å². The molecule has 8 heteroatoms. The monoisotopic (exact) mass is 412 g/mol. The molecule has 0 saturated carbocycles. The minimum Gasteiger partial charge on any atom is -0.494 e. The third-order valence-corrected chi connectivity index (χ3v) is 4.96. The zero-order valence-electron chi connectivity index (χ0n) is 13.8. The molecule has 1 aliphatic rings. The maximum atomic E-state index is 13.3. The third-order valence-electron chi connectivity index (χ3n) is 4.11. The highest BCUT2D eigenvalue weighted by atomic mass is 35.5. The number of nitrogens with zero attached hydrogens (tertiary/aromatic N) is 1. The third kappa shape index (κ3) is 3.47. The molecule has 0 spiro atoms. The summed E-state index contributed by atoms with van der Waals surface area (Å²) in [6.07, 6.45) is 0. The maximum absolute atomic E-state index is 13.3. The lowest BCUT2D eigenvalue weighted by atomic mass is 10.0. The molecule has 26 heavy (non-hydrogen) atoms. The number of methoxy groups -OCH3 is 1. The van der Waals surface area contributed by atoms with Crippen molar-refractivity contribution in [3.8, 4) is 5.75 Å². The summed E-state index contributed by atoms with van der Waals surface area (Å²) in [5, 5.41) is 3.72. The molecule has 2 aromatic rings. The van der Waals surface area contributed by atoms with E-state index in [-0.39, 0.29) is 27.3 Å². The van der Waals surface area contributed by atoms with Gasteiger partial charge in [0.1, 0.15) is 11.6 Å². The molecule has 0 aliphatic carbocycles. The smallest absolute Gasteiger partial charge is 0.260 e. The highest BCUT2D eigenvalue weighted by Crippen LogP contribution is 2.37. The summed E-state index contributed by atoms with van der Waals surface area (Å²) < 4.78 is 5.27. The summed E-state index contributed by atoms with van der Waals surface area (Å²) in [5.41, 5.74) is 0.739. The average Bonchev–Trinajstić information content (AvgIpc) is 2.62. The molecule has 1 aliphatic heterocycles. The molecule has 1 heterocycles. The van der Waals surface area contributed by atoms with Crippen LogP contribution in [0.25, 0.3) is 0 Å². The van der Waals surface area contributed by atoms with E-state index in [9.17, 15) is 9.59 Å². The Hall–Kier alpha value is -1.95. The van der Waals surface area contributed by atoms with Crippen molar-refractivity contribution in [2.75, 3.05) is 20.2 Å². The summed E-state index contributed by atoms with van der Waals surface area (Å²) in [4.78, 5) is 27.2. The van der Waals surface area contributed by atoms with Gasteiger partial charge in [0.2, 0.25) is 5.91 Å². The van der Waals surface area contributed by atoms with Crippen LogP contribution in [-0.4, -0.2) is 36.9 Å². The number of halogens is 3. The molecular formula is C18H15Cl3N2O3. The zero-order valence-corrected chi connectivity index (χ0v) is 16.0. The fourth-order valence-electron chi connectivity index (χ4n) is 2.97. The quantitative estimate of drug-likeness (QED) is 0.828. The van der Waals surface area contributed by atoms with E-state index in [2.05, 4.69) is 5.32 Å². The van der Waals surface area contributed by atoms with Crippen molar-refractivity contribution in [1.82, 2.24) is 10.2 Å². The Morgan fingerprint density at radius 1 is 1.19 bits per heavy atom. The molecule has 3 rings (SSSR count). The number of carbonyl (C=O) groups excluding carboxylic acids is 2. The van der Waals surface area contributed by atoms with Gasteiger partial charge in [-0.15, -0.1) is 0 Å². The first-order valence-electron chi connectivity index (χ1n) is 7.80. The topological polar surface area (TPSA) is 58.6 Å². The molecule has 1 fully saturated rings. The molecule has 0 radical (unpaired) electrons.